The van der Waals surface area contributed by atoms with Gasteiger partial charge in [-0.05, 0) is 97.1 Å². The molecule has 4 aromatic carbocycles. The molecule has 0 saturated carbocycles. The minimum absolute atomic E-state index is 0.137. The third-order valence-electron chi connectivity index (χ3n) is 6.99. The highest BCUT2D eigenvalue weighted by Gasteiger charge is 2.33. The van der Waals surface area contributed by atoms with Gasteiger partial charge in [0.1, 0.15) is 36.2 Å². The van der Waals surface area contributed by atoms with E-state index in [4.69, 9.17) is 37.9 Å². The fourth-order valence-electron chi connectivity index (χ4n) is 4.24. The molecule has 0 aliphatic carbocycles. The van der Waals surface area contributed by atoms with Crippen molar-refractivity contribution in [3.63, 3.8) is 0 Å². The number of benzene rings is 4. The summed E-state index contributed by atoms with van der Waals surface area (Å²) in [6, 6.07) is 24.5. The number of esters is 4. The van der Waals surface area contributed by atoms with Crippen LogP contribution in [-0.2, 0) is 18.9 Å². The van der Waals surface area contributed by atoms with E-state index in [1.807, 2.05) is 0 Å². The molecule has 12 heteroatoms. The molecular formula is C36H34O12. The van der Waals surface area contributed by atoms with Crippen molar-refractivity contribution >= 4 is 23.9 Å². The largest absolute Gasteiger partial charge is 0.497 e. The zero-order valence-corrected chi connectivity index (χ0v) is 26.7. The lowest BCUT2D eigenvalue weighted by molar-refractivity contribution is -0.0752. The Balaban J connectivity index is 1.61. The normalized spacial score (nSPS) is 11.7. The molecule has 0 aliphatic rings. The van der Waals surface area contributed by atoms with Crippen LogP contribution in [0.3, 0.4) is 0 Å². The molecule has 0 amide bonds. The highest BCUT2D eigenvalue weighted by atomic mass is 16.6. The summed E-state index contributed by atoms with van der Waals surface area (Å²) in [6.07, 6.45) is -2.85. The van der Waals surface area contributed by atoms with Crippen LogP contribution in [-0.4, -0.2) is 77.7 Å². The molecule has 0 spiro atoms. The van der Waals surface area contributed by atoms with Gasteiger partial charge in [-0.1, -0.05) is 0 Å². The molecule has 0 heterocycles. The summed E-state index contributed by atoms with van der Waals surface area (Å²) in [5.74, 6) is -1.08. The molecule has 0 radical (unpaired) electrons. The Morgan fingerprint density at radius 3 is 0.854 bits per heavy atom. The number of rotatable bonds is 15. The molecular weight excluding hydrogens is 624 g/mol. The van der Waals surface area contributed by atoms with Crippen LogP contribution in [0.5, 0.6) is 23.0 Å². The average Bonchev–Trinajstić information content (AvgIpc) is 3.14. The first-order valence-electron chi connectivity index (χ1n) is 14.6. The summed E-state index contributed by atoms with van der Waals surface area (Å²) in [7, 11) is 5.94. The highest BCUT2D eigenvalue weighted by Crippen LogP contribution is 2.20. The molecule has 0 bridgehead atoms. The third kappa shape index (κ3) is 9.49. The van der Waals surface area contributed by atoms with Gasteiger partial charge >= 0.3 is 23.9 Å². The molecule has 250 valence electrons. The minimum Gasteiger partial charge on any atom is -0.497 e. The molecule has 0 N–H and O–H groups in total. The average molecular weight is 659 g/mol. The van der Waals surface area contributed by atoms with Gasteiger partial charge in [0.2, 0.25) is 0 Å². The third-order valence-corrected chi connectivity index (χ3v) is 6.99. The molecule has 2 atom stereocenters. The van der Waals surface area contributed by atoms with E-state index in [0.29, 0.717) is 23.0 Å². The topological polar surface area (TPSA) is 142 Å². The Hall–Kier alpha value is -6.04. The molecule has 48 heavy (non-hydrogen) atoms. The fourth-order valence-corrected chi connectivity index (χ4v) is 4.24. The summed E-state index contributed by atoms with van der Waals surface area (Å²) in [5.41, 5.74) is 0.651. The molecule has 0 fully saturated rings. The zero-order valence-electron chi connectivity index (χ0n) is 26.7. The van der Waals surface area contributed by atoms with Crippen molar-refractivity contribution in [2.24, 2.45) is 0 Å². The van der Waals surface area contributed by atoms with E-state index >= 15 is 0 Å². The summed E-state index contributed by atoms with van der Waals surface area (Å²) in [5, 5.41) is 0. The van der Waals surface area contributed by atoms with Crippen LogP contribution in [0.15, 0.2) is 97.1 Å². The van der Waals surface area contributed by atoms with Crippen LogP contribution in [0.25, 0.3) is 0 Å². The van der Waals surface area contributed by atoms with Gasteiger partial charge in [0, 0.05) is 0 Å². The Morgan fingerprint density at radius 2 is 0.625 bits per heavy atom. The number of hydrogen-bond donors (Lipinski definition) is 0. The standard InChI is InChI=1S/C36H34O12/c1-41-27-13-5-23(6-14-27)33(37)45-21-31(47-35(39)25-9-17-29(43-3)18-10-25)32(48-36(40)26-11-19-30(44-4)20-12-26)22-46-34(38)24-7-15-28(42-2)16-8-24/h5-20,31-32H,21-22H2,1-4H3/t31-,32+. The van der Waals surface area contributed by atoms with E-state index in [0.717, 1.165) is 0 Å². The van der Waals surface area contributed by atoms with E-state index in [1.165, 1.54) is 77.0 Å². The maximum atomic E-state index is 13.3. The van der Waals surface area contributed by atoms with Crippen molar-refractivity contribution in [2.75, 3.05) is 41.7 Å². The fraction of sp³-hybridized carbons (Fsp3) is 0.222. The number of methoxy groups -OCH3 is 4. The van der Waals surface area contributed by atoms with Crippen LogP contribution >= 0.6 is 0 Å². The van der Waals surface area contributed by atoms with Crippen LogP contribution in [0.2, 0.25) is 0 Å². The smallest absolute Gasteiger partial charge is 0.338 e. The summed E-state index contributed by atoms with van der Waals surface area (Å²) in [6.45, 7) is -1.12. The summed E-state index contributed by atoms with van der Waals surface area (Å²) in [4.78, 5) is 52.5. The first kappa shape index (κ1) is 34.8. The molecule has 4 aromatic rings. The van der Waals surface area contributed by atoms with Crippen molar-refractivity contribution in [1.82, 2.24) is 0 Å². The maximum Gasteiger partial charge on any atom is 0.338 e. The van der Waals surface area contributed by atoms with E-state index in [2.05, 4.69) is 0 Å². The number of ether oxygens (including phenoxy) is 8. The first-order chi connectivity index (χ1) is 23.2. The summed E-state index contributed by atoms with van der Waals surface area (Å²) >= 11 is 0. The van der Waals surface area contributed by atoms with Crippen LogP contribution in [0.1, 0.15) is 41.4 Å². The van der Waals surface area contributed by atoms with Gasteiger partial charge in [0.25, 0.3) is 0 Å². The van der Waals surface area contributed by atoms with Gasteiger partial charge in [0.15, 0.2) is 12.2 Å². The lowest BCUT2D eigenvalue weighted by Gasteiger charge is -2.26. The van der Waals surface area contributed by atoms with Crippen molar-refractivity contribution < 1.29 is 57.1 Å². The second-order valence-electron chi connectivity index (χ2n) is 10.00. The minimum atomic E-state index is -1.42. The van der Waals surface area contributed by atoms with Gasteiger partial charge in [-0.25, -0.2) is 19.2 Å². The molecule has 0 aliphatic heterocycles. The number of carbonyl (C=O) groups is 4. The van der Waals surface area contributed by atoms with Gasteiger partial charge in [-0.2, -0.15) is 0 Å². The number of hydrogen-bond acceptors (Lipinski definition) is 12. The second kappa shape index (κ2) is 17.0. The van der Waals surface area contributed by atoms with E-state index in [-0.39, 0.29) is 22.3 Å². The van der Waals surface area contributed by atoms with E-state index in [9.17, 15) is 19.2 Å². The monoisotopic (exact) mass is 658 g/mol. The van der Waals surface area contributed by atoms with Crippen LogP contribution < -0.4 is 18.9 Å². The lowest BCUT2D eigenvalue weighted by Crippen LogP contribution is -2.42. The van der Waals surface area contributed by atoms with Gasteiger partial charge in [-0.15, -0.1) is 0 Å². The van der Waals surface area contributed by atoms with Crippen LogP contribution in [0.4, 0.5) is 0 Å². The van der Waals surface area contributed by atoms with Gasteiger partial charge < -0.3 is 37.9 Å². The summed E-state index contributed by atoms with van der Waals surface area (Å²) < 4.78 is 43.1. The van der Waals surface area contributed by atoms with Gasteiger partial charge in [-0.3, -0.25) is 0 Å². The van der Waals surface area contributed by atoms with Crippen molar-refractivity contribution in [1.29, 1.82) is 0 Å². The lowest BCUT2D eigenvalue weighted by atomic mass is 10.1. The molecule has 0 aromatic heterocycles. The highest BCUT2D eigenvalue weighted by molar-refractivity contribution is 5.92. The Labute approximate surface area is 277 Å². The zero-order chi connectivity index (χ0) is 34.5. The SMILES string of the molecule is COc1ccc(C(=O)OC[C@H](OC(=O)c2ccc(OC)cc2)[C@@H](COC(=O)c2ccc(OC)cc2)OC(=O)c2ccc(OC)cc2)cc1. The predicted molar refractivity (Wildman–Crippen MR) is 171 cm³/mol. The van der Waals surface area contributed by atoms with Crippen molar-refractivity contribution in [3.8, 4) is 23.0 Å². The molecule has 12 nitrogen and oxygen atoms in total. The van der Waals surface area contributed by atoms with E-state index in [1.54, 1.807) is 48.5 Å². The second-order valence-corrected chi connectivity index (χ2v) is 10.00. The quantitative estimate of drug-likeness (QED) is 0.123. The van der Waals surface area contributed by atoms with Crippen molar-refractivity contribution in [2.45, 2.75) is 12.2 Å². The molecule has 4 rings (SSSR count). The van der Waals surface area contributed by atoms with Crippen molar-refractivity contribution in [3.05, 3.63) is 119 Å². The molecule has 0 unspecified atom stereocenters. The predicted octanol–water partition coefficient (Wildman–Crippen LogP) is 5.19. The maximum absolute atomic E-state index is 13.3. The first-order valence-corrected chi connectivity index (χ1v) is 14.6. The van der Waals surface area contributed by atoms with Crippen LogP contribution in [0, 0.1) is 0 Å². The van der Waals surface area contributed by atoms with Gasteiger partial charge in [0.05, 0.1) is 50.7 Å². The number of carbonyl (C=O) groups excluding carboxylic acids is 4. The molecule has 0 saturated heterocycles. The Morgan fingerprint density at radius 1 is 0.396 bits per heavy atom. The Bertz CT molecular complexity index is 1540. The van der Waals surface area contributed by atoms with E-state index < -0.39 is 49.3 Å². The Kier molecular flexibility index (Phi) is 12.4.